The summed E-state index contributed by atoms with van der Waals surface area (Å²) in [6, 6.07) is 5.85. The topological polar surface area (TPSA) is 86.7 Å². The second-order valence-corrected chi connectivity index (χ2v) is 6.48. The highest BCUT2D eigenvalue weighted by Gasteiger charge is 2.23. The van der Waals surface area contributed by atoms with E-state index in [-0.39, 0.29) is 11.5 Å². The lowest BCUT2D eigenvalue weighted by Gasteiger charge is -2.16. The lowest BCUT2D eigenvalue weighted by Crippen LogP contribution is -2.33. The van der Waals surface area contributed by atoms with Crippen LogP contribution in [0.5, 0.6) is 5.75 Å². The van der Waals surface area contributed by atoms with E-state index in [1.54, 1.807) is 12.1 Å². The van der Waals surface area contributed by atoms with Crippen LogP contribution >= 0.6 is 0 Å². The first-order valence-corrected chi connectivity index (χ1v) is 7.68. The van der Waals surface area contributed by atoms with Crippen LogP contribution in [0.15, 0.2) is 40.5 Å². The van der Waals surface area contributed by atoms with Gasteiger partial charge in [0.25, 0.3) is 11.3 Å². The van der Waals surface area contributed by atoms with Crippen molar-refractivity contribution in [3.63, 3.8) is 0 Å². The summed E-state index contributed by atoms with van der Waals surface area (Å²) < 4.78 is 31.1. The van der Waals surface area contributed by atoms with Crippen LogP contribution in [0.2, 0.25) is 0 Å². The van der Waals surface area contributed by atoms with E-state index in [1.807, 2.05) is 20.8 Å². The van der Waals surface area contributed by atoms with Crippen molar-refractivity contribution in [3.8, 4) is 5.75 Å². The van der Waals surface area contributed by atoms with Crippen LogP contribution in [-0.4, -0.2) is 37.3 Å². The van der Waals surface area contributed by atoms with Crippen LogP contribution < -0.4 is 10.3 Å². The number of benzene rings is 1. The van der Waals surface area contributed by atoms with Crippen LogP contribution in [-0.2, 0) is 5.41 Å². The number of fused-ring (bicyclic) bond motifs is 1. The minimum atomic E-state index is -2.89. The Hall–Kier alpha value is -3.17. The number of alkyl halides is 2. The van der Waals surface area contributed by atoms with Crippen molar-refractivity contribution in [1.29, 1.82) is 0 Å². The molecule has 3 rings (SSSR count). The molecular weight excluding hydrogens is 346 g/mol. The van der Waals surface area contributed by atoms with Crippen LogP contribution in [0, 0.1) is 0 Å². The second-order valence-electron chi connectivity index (χ2n) is 6.48. The summed E-state index contributed by atoms with van der Waals surface area (Å²) in [5.74, 6) is 0.199. The van der Waals surface area contributed by atoms with Crippen molar-refractivity contribution in [2.75, 3.05) is 0 Å². The van der Waals surface area contributed by atoms with E-state index in [1.165, 1.54) is 29.2 Å². The van der Waals surface area contributed by atoms with E-state index in [9.17, 15) is 13.6 Å². The molecule has 0 amide bonds. The Morgan fingerprint density at radius 2 is 1.92 bits per heavy atom. The SMILES string of the molecule is CC(C)(C)c1nn2cnnc2n(N=Cc2ccc(OC(F)F)cc2)c1=O. The molecule has 136 valence electrons. The van der Waals surface area contributed by atoms with E-state index in [4.69, 9.17) is 0 Å². The lowest BCUT2D eigenvalue weighted by molar-refractivity contribution is -0.0498. The predicted molar refractivity (Wildman–Crippen MR) is 89.8 cm³/mol. The quantitative estimate of drug-likeness (QED) is 0.663. The molecule has 0 aliphatic heterocycles. The van der Waals surface area contributed by atoms with E-state index >= 15 is 0 Å². The molecule has 8 nitrogen and oxygen atoms in total. The summed E-state index contributed by atoms with van der Waals surface area (Å²) in [6.45, 7) is 2.70. The lowest BCUT2D eigenvalue weighted by atomic mass is 9.93. The zero-order valence-corrected chi connectivity index (χ0v) is 14.3. The van der Waals surface area contributed by atoms with Gasteiger partial charge in [-0.1, -0.05) is 20.8 Å². The number of halogens is 2. The van der Waals surface area contributed by atoms with Gasteiger partial charge >= 0.3 is 6.61 Å². The van der Waals surface area contributed by atoms with Gasteiger partial charge in [-0.05, 0) is 29.8 Å². The summed E-state index contributed by atoms with van der Waals surface area (Å²) in [4.78, 5) is 12.7. The standard InChI is InChI=1S/C16H16F2N6O2/c1-16(2,3)12-13(25)24(15-21-19-9-23(15)22-12)20-8-10-4-6-11(7-5-10)26-14(17)18/h4-9,14H,1-3H3. The summed E-state index contributed by atoms with van der Waals surface area (Å²) in [5, 5.41) is 16.0. The van der Waals surface area contributed by atoms with Gasteiger partial charge in [0, 0.05) is 5.41 Å². The van der Waals surface area contributed by atoms with Crippen molar-refractivity contribution in [2.45, 2.75) is 32.8 Å². The Kier molecular flexibility index (Phi) is 4.49. The average molecular weight is 362 g/mol. The van der Waals surface area contributed by atoms with Crippen LogP contribution in [0.4, 0.5) is 8.78 Å². The van der Waals surface area contributed by atoms with Gasteiger partial charge in [0.15, 0.2) is 0 Å². The van der Waals surface area contributed by atoms with Gasteiger partial charge in [-0.2, -0.15) is 28.2 Å². The Labute approximate surface area is 146 Å². The van der Waals surface area contributed by atoms with Gasteiger partial charge < -0.3 is 4.74 Å². The van der Waals surface area contributed by atoms with Crippen molar-refractivity contribution >= 4 is 12.0 Å². The zero-order valence-electron chi connectivity index (χ0n) is 14.3. The van der Waals surface area contributed by atoms with Gasteiger partial charge in [0.1, 0.15) is 17.8 Å². The van der Waals surface area contributed by atoms with Crippen LogP contribution in [0.1, 0.15) is 32.0 Å². The third kappa shape index (κ3) is 3.58. The molecular formula is C16H16F2N6O2. The molecule has 0 radical (unpaired) electrons. The molecule has 10 heteroatoms. The van der Waals surface area contributed by atoms with Crippen molar-refractivity contribution < 1.29 is 13.5 Å². The molecule has 26 heavy (non-hydrogen) atoms. The minimum Gasteiger partial charge on any atom is -0.435 e. The van der Waals surface area contributed by atoms with Crippen molar-refractivity contribution in [3.05, 3.63) is 52.2 Å². The number of hydrogen-bond acceptors (Lipinski definition) is 6. The summed E-state index contributed by atoms with van der Waals surface area (Å²) in [6.07, 6.45) is 2.79. The molecule has 2 aromatic heterocycles. The normalized spacial score (nSPS) is 12.4. The number of nitrogens with zero attached hydrogens (tertiary/aromatic N) is 6. The minimum absolute atomic E-state index is 0.0353. The number of ether oxygens (including phenoxy) is 1. The summed E-state index contributed by atoms with van der Waals surface area (Å²) in [5.41, 5.74) is -0.0130. The Balaban J connectivity index is 2.00. The molecule has 0 aliphatic rings. The maximum atomic E-state index is 12.7. The average Bonchev–Trinajstić information content (AvgIpc) is 3.01. The molecule has 0 atom stereocenters. The maximum absolute atomic E-state index is 12.7. The number of rotatable bonds is 4. The fraction of sp³-hybridized carbons (Fsp3) is 0.312. The first-order chi connectivity index (χ1) is 12.3. The first-order valence-electron chi connectivity index (χ1n) is 7.68. The molecule has 1 aromatic carbocycles. The van der Waals surface area contributed by atoms with Gasteiger partial charge in [-0.3, -0.25) is 4.79 Å². The Bertz CT molecular complexity index is 1000. The molecule has 2 heterocycles. The summed E-state index contributed by atoms with van der Waals surface area (Å²) in [7, 11) is 0. The second kappa shape index (κ2) is 6.62. The highest BCUT2D eigenvalue weighted by atomic mass is 19.3. The molecule has 0 spiro atoms. The Morgan fingerprint density at radius 3 is 2.54 bits per heavy atom. The van der Waals surface area contributed by atoms with Gasteiger partial charge in [-0.25, -0.2) is 0 Å². The van der Waals surface area contributed by atoms with Crippen molar-refractivity contribution in [1.82, 2.24) is 24.5 Å². The highest BCUT2D eigenvalue weighted by Crippen LogP contribution is 2.16. The van der Waals surface area contributed by atoms with Crippen LogP contribution in [0.25, 0.3) is 5.78 Å². The monoisotopic (exact) mass is 362 g/mol. The van der Waals surface area contributed by atoms with E-state index in [0.717, 1.165) is 4.68 Å². The van der Waals surface area contributed by atoms with Crippen LogP contribution in [0.3, 0.4) is 0 Å². The molecule has 0 saturated heterocycles. The zero-order chi connectivity index (χ0) is 18.9. The molecule has 0 aliphatic carbocycles. The third-order valence-electron chi connectivity index (χ3n) is 3.44. The number of aromatic nitrogens is 5. The van der Waals surface area contributed by atoms with Gasteiger partial charge in [0.2, 0.25) is 0 Å². The molecule has 0 N–H and O–H groups in total. The van der Waals surface area contributed by atoms with E-state index in [2.05, 4.69) is 25.1 Å². The van der Waals surface area contributed by atoms with E-state index in [0.29, 0.717) is 11.3 Å². The van der Waals surface area contributed by atoms with Crippen molar-refractivity contribution in [2.24, 2.45) is 5.10 Å². The smallest absolute Gasteiger partial charge is 0.387 e. The first kappa shape index (κ1) is 17.6. The number of hydrogen-bond donors (Lipinski definition) is 0. The third-order valence-corrected chi connectivity index (χ3v) is 3.44. The highest BCUT2D eigenvalue weighted by molar-refractivity contribution is 5.79. The molecule has 3 aromatic rings. The van der Waals surface area contributed by atoms with E-state index < -0.39 is 17.6 Å². The van der Waals surface area contributed by atoms with Gasteiger partial charge in [-0.15, -0.1) is 10.2 Å². The fourth-order valence-corrected chi connectivity index (χ4v) is 2.21. The largest absolute Gasteiger partial charge is 0.435 e. The summed E-state index contributed by atoms with van der Waals surface area (Å²) >= 11 is 0. The maximum Gasteiger partial charge on any atom is 0.387 e. The molecule has 0 unspecified atom stereocenters. The fourth-order valence-electron chi connectivity index (χ4n) is 2.21. The molecule has 0 fully saturated rings. The Morgan fingerprint density at radius 1 is 1.23 bits per heavy atom. The molecule has 0 saturated carbocycles. The predicted octanol–water partition coefficient (Wildman–Crippen LogP) is 2.07. The van der Waals surface area contributed by atoms with Gasteiger partial charge in [0.05, 0.1) is 6.21 Å². The molecule has 0 bridgehead atoms.